The van der Waals surface area contributed by atoms with E-state index in [2.05, 4.69) is 40.0 Å². The third-order valence-corrected chi connectivity index (χ3v) is 6.22. The molecule has 24 heavy (non-hydrogen) atoms. The Morgan fingerprint density at radius 2 is 1.88 bits per heavy atom. The number of rotatable bonds is 4. The monoisotopic (exact) mass is 327 g/mol. The normalized spacial score (nSPS) is 32.8. The standard InChI is InChI=1S/C20H29N3O/c24-20(13-12-18-16-9-4-5-10-17(16)21-22-18)23-14-6-11-19(23)15-7-2-1-3-8-15/h1-3,7-8,16-19,21-22H,4-6,9-14H2. The van der Waals surface area contributed by atoms with Crippen LogP contribution in [-0.2, 0) is 4.79 Å². The van der Waals surface area contributed by atoms with Crippen LogP contribution in [-0.4, -0.2) is 29.4 Å². The Balaban J connectivity index is 1.34. The van der Waals surface area contributed by atoms with Crippen molar-refractivity contribution in [2.45, 2.75) is 69.5 Å². The molecule has 2 N–H and O–H groups in total. The first-order valence-corrected chi connectivity index (χ1v) is 9.68. The average Bonchev–Trinajstić information content (AvgIpc) is 3.28. The molecule has 1 aromatic carbocycles. The Labute approximate surface area is 145 Å². The second-order valence-corrected chi connectivity index (χ2v) is 7.64. The molecular formula is C20H29N3O. The molecule has 2 saturated heterocycles. The predicted octanol–water partition coefficient (Wildman–Crippen LogP) is 3.17. The van der Waals surface area contributed by atoms with E-state index in [-0.39, 0.29) is 6.04 Å². The van der Waals surface area contributed by atoms with Gasteiger partial charge in [-0.3, -0.25) is 15.6 Å². The summed E-state index contributed by atoms with van der Waals surface area (Å²) < 4.78 is 0. The summed E-state index contributed by atoms with van der Waals surface area (Å²) in [5.41, 5.74) is 8.22. The Bertz CT molecular complexity index is 561. The topological polar surface area (TPSA) is 44.4 Å². The Kier molecular flexibility index (Phi) is 4.86. The predicted molar refractivity (Wildman–Crippen MR) is 95.2 cm³/mol. The van der Waals surface area contributed by atoms with E-state index in [0.29, 0.717) is 24.4 Å². The molecule has 0 radical (unpaired) electrons. The summed E-state index contributed by atoms with van der Waals surface area (Å²) in [6.07, 6.45) is 9.13. The van der Waals surface area contributed by atoms with Crippen molar-refractivity contribution in [2.24, 2.45) is 5.92 Å². The van der Waals surface area contributed by atoms with E-state index in [9.17, 15) is 4.79 Å². The van der Waals surface area contributed by atoms with Crippen molar-refractivity contribution < 1.29 is 4.79 Å². The SMILES string of the molecule is O=C(CCC1NNC2CCCCC21)N1CCCC1c1ccccc1. The second kappa shape index (κ2) is 7.24. The number of carbonyl (C=O) groups is 1. The van der Waals surface area contributed by atoms with Gasteiger partial charge in [-0.15, -0.1) is 0 Å². The summed E-state index contributed by atoms with van der Waals surface area (Å²) >= 11 is 0. The number of hydrazine groups is 1. The van der Waals surface area contributed by atoms with Crippen molar-refractivity contribution in [2.75, 3.05) is 6.54 Å². The maximum Gasteiger partial charge on any atom is 0.223 e. The van der Waals surface area contributed by atoms with Crippen molar-refractivity contribution in [3.05, 3.63) is 35.9 Å². The van der Waals surface area contributed by atoms with Crippen molar-refractivity contribution in [3.63, 3.8) is 0 Å². The molecule has 0 spiro atoms. The lowest BCUT2D eigenvalue weighted by molar-refractivity contribution is -0.132. The molecule has 1 saturated carbocycles. The molecule has 0 aromatic heterocycles. The number of hydrogen-bond acceptors (Lipinski definition) is 3. The van der Waals surface area contributed by atoms with Crippen LogP contribution in [0.1, 0.15) is 63.0 Å². The first kappa shape index (κ1) is 16.1. The van der Waals surface area contributed by atoms with Gasteiger partial charge in [0, 0.05) is 25.0 Å². The van der Waals surface area contributed by atoms with Crippen molar-refractivity contribution in [3.8, 4) is 0 Å². The number of nitrogens with one attached hydrogen (secondary N) is 2. The van der Waals surface area contributed by atoms with Gasteiger partial charge in [0.2, 0.25) is 5.91 Å². The van der Waals surface area contributed by atoms with E-state index >= 15 is 0 Å². The molecule has 4 unspecified atom stereocenters. The highest BCUT2D eigenvalue weighted by atomic mass is 16.2. The molecular weight excluding hydrogens is 298 g/mol. The van der Waals surface area contributed by atoms with Crippen LogP contribution in [0, 0.1) is 5.92 Å². The van der Waals surface area contributed by atoms with Crippen LogP contribution in [0.15, 0.2) is 30.3 Å². The van der Waals surface area contributed by atoms with Gasteiger partial charge in [0.1, 0.15) is 0 Å². The maximum absolute atomic E-state index is 12.8. The van der Waals surface area contributed by atoms with Crippen LogP contribution in [0.5, 0.6) is 0 Å². The molecule has 3 fully saturated rings. The fourth-order valence-corrected chi connectivity index (χ4v) is 4.94. The number of likely N-dealkylation sites (tertiary alicyclic amines) is 1. The molecule has 2 aliphatic heterocycles. The van der Waals surface area contributed by atoms with Gasteiger partial charge in [-0.2, -0.15) is 0 Å². The lowest BCUT2D eigenvalue weighted by atomic mass is 9.80. The van der Waals surface area contributed by atoms with Gasteiger partial charge in [-0.1, -0.05) is 43.2 Å². The fraction of sp³-hybridized carbons (Fsp3) is 0.650. The molecule has 4 rings (SSSR count). The number of amides is 1. The highest BCUT2D eigenvalue weighted by molar-refractivity contribution is 5.77. The fourth-order valence-electron chi connectivity index (χ4n) is 4.94. The molecule has 130 valence electrons. The molecule has 4 heteroatoms. The third-order valence-electron chi connectivity index (χ3n) is 6.22. The number of carbonyl (C=O) groups excluding carboxylic acids is 1. The van der Waals surface area contributed by atoms with Crippen LogP contribution in [0.2, 0.25) is 0 Å². The van der Waals surface area contributed by atoms with Crippen LogP contribution >= 0.6 is 0 Å². The van der Waals surface area contributed by atoms with Crippen LogP contribution in [0.4, 0.5) is 0 Å². The van der Waals surface area contributed by atoms with Gasteiger partial charge in [-0.05, 0) is 43.6 Å². The first-order chi connectivity index (χ1) is 11.8. The maximum atomic E-state index is 12.8. The Morgan fingerprint density at radius 3 is 2.75 bits per heavy atom. The summed E-state index contributed by atoms with van der Waals surface area (Å²) in [7, 11) is 0. The van der Waals surface area contributed by atoms with E-state index in [0.717, 1.165) is 31.7 Å². The highest BCUT2D eigenvalue weighted by Crippen LogP contribution is 2.34. The van der Waals surface area contributed by atoms with E-state index in [4.69, 9.17) is 0 Å². The molecule has 1 aliphatic carbocycles. The van der Waals surface area contributed by atoms with Crippen LogP contribution in [0.25, 0.3) is 0 Å². The summed E-state index contributed by atoms with van der Waals surface area (Å²) in [6, 6.07) is 11.9. The highest BCUT2D eigenvalue weighted by Gasteiger charge is 2.37. The molecule has 0 bridgehead atoms. The van der Waals surface area contributed by atoms with Crippen molar-refractivity contribution >= 4 is 5.91 Å². The summed E-state index contributed by atoms with van der Waals surface area (Å²) in [4.78, 5) is 14.9. The molecule has 1 amide bonds. The largest absolute Gasteiger partial charge is 0.336 e. The van der Waals surface area contributed by atoms with Gasteiger partial charge in [-0.25, -0.2) is 0 Å². The lowest BCUT2D eigenvalue weighted by Gasteiger charge is -2.28. The minimum Gasteiger partial charge on any atom is -0.336 e. The van der Waals surface area contributed by atoms with Crippen LogP contribution in [0.3, 0.4) is 0 Å². The molecule has 4 nitrogen and oxygen atoms in total. The van der Waals surface area contributed by atoms with Crippen LogP contribution < -0.4 is 10.9 Å². The summed E-state index contributed by atoms with van der Waals surface area (Å²) in [5.74, 6) is 1.05. The summed E-state index contributed by atoms with van der Waals surface area (Å²) in [5, 5.41) is 0. The Morgan fingerprint density at radius 1 is 1.04 bits per heavy atom. The van der Waals surface area contributed by atoms with E-state index < -0.39 is 0 Å². The number of hydrogen-bond donors (Lipinski definition) is 2. The van der Waals surface area contributed by atoms with Crippen molar-refractivity contribution in [1.29, 1.82) is 0 Å². The minimum atomic E-state index is 0.288. The molecule has 2 heterocycles. The lowest BCUT2D eigenvalue weighted by Crippen LogP contribution is -2.35. The van der Waals surface area contributed by atoms with Gasteiger partial charge >= 0.3 is 0 Å². The number of fused-ring (bicyclic) bond motifs is 1. The van der Waals surface area contributed by atoms with Gasteiger partial charge in [0.15, 0.2) is 0 Å². The van der Waals surface area contributed by atoms with E-state index in [1.54, 1.807) is 0 Å². The number of benzene rings is 1. The second-order valence-electron chi connectivity index (χ2n) is 7.64. The minimum absolute atomic E-state index is 0.288. The molecule has 1 aromatic rings. The van der Waals surface area contributed by atoms with Gasteiger partial charge in [0.05, 0.1) is 6.04 Å². The Hall–Kier alpha value is -1.39. The number of nitrogens with zero attached hydrogens (tertiary/aromatic N) is 1. The first-order valence-electron chi connectivity index (χ1n) is 9.68. The van der Waals surface area contributed by atoms with E-state index in [1.807, 2.05) is 6.07 Å². The third kappa shape index (κ3) is 3.22. The molecule has 4 atom stereocenters. The quantitative estimate of drug-likeness (QED) is 0.893. The summed E-state index contributed by atoms with van der Waals surface area (Å²) in [6.45, 7) is 0.917. The average molecular weight is 327 g/mol. The van der Waals surface area contributed by atoms with E-state index in [1.165, 1.54) is 31.2 Å². The zero-order valence-corrected chi connectivity index (χ0v) is 14.4. The zero-order chi connectivity index (χ0) is 16.4. The zero-order valence-electron chi connectivity index (χ0n) is 14.4. The van der Waals surface area contributed by atoms with Gasteiger partial charge < -0.3 is 4.90 Å². The smallest absolute Gasteiger partial charge is 0.223 e. The van der Waals surface area contributed by atoms with Gasteiger partial charge in [0.25, 0.3) is 0 Å². The van der Waals surface area contributed by atoms with Crippen molar-refractivity contribution in [1.82, 2.24) is 15.8 Å². The molecule has 3 aliphatic rings.